The molecule has 0 radical (unpaired) electrons. The smallest absolute Gasteiger partial charge is 0.0725 e. The molecule has 4 aliphatic rings. The van der Waals surface area contributed by atoms with Crippen LogP contribution in [0.4, 0.5) is 17.1 Å². The van der Waals surface area contributed by atoms with Gasteiger partial charge in [0, 0.05) is 16.9 Å². The molecule has 0 saturated heterocycles. The standard InChI is InChI=1S/C75H49N/c1-5-24-50(25-6-1)73(51-26-7-2-8-27-51)67-41-22-17-36-61(67)72-69(73)42-23-43-71(72)76(55-44-46-60-58-34-13-18-37-63(58)74(70(60)49-55,52-28-9-3-10-29-52)53-30-11-4-12-31-53)54-45-47-68-62(48-54)59-35-16-21-40-66(59)75(68)64-38-19-14-32-56(64)57-33-15-20-39-65(57)75/h1-49H. The van der Waals surface area contributed by atoms with Crippen LogP contribution in [0.1, 0.15) is 66.8 Å². The van der Waals surface area contributed by atoms with Crippen LogP contribution in [-0.4, -0.2) is 0 Å². The van der Waals surface area contributed by atoms with Gasteiger partial charge in [0.15, 0.2) is 0 Å². The highest BCUT2D eigenvalue weighted by molar-refractivity contribution is 6.01. The average Bonchev–Trinajstić information content (AvgIpc) is 4.38. The van der Waals surface area contributed by atoms with Gasteiger partial charge in [-0.05, 0) is 136 Å². The van der Waals surface area contributed by atoms with E-state index in [0.717, 1.165) is 17.1 Å². The Kier molecular flexibility index (Phi) is 9.15. The molecule has 16 rings (SSSR count). The minimum atomic E-state index is -0.580. The summed E-state index contributed by atoms with van der Waals surface area (Å²) >= 11 is 0. The molecule has 1 spiro atoms. The van der Waals surface area contributed by atoms with Gasteiger partial charge in [-0.2, -0.15) is 0 Å². The fourth-order valence-corrected chi connectivity index (χ4v) is 14.9. The topological polar surface area (TPSA) is 3.24 Å². The van der Waals surface area contributed by atoms with Crippen LogP contribution in [0.5, 0.6) is 0 Å². The van der Waals surface area contributed by atoms with Crippen LogP contribution >= 0.6 is 0 Å². The zero-order valence-electron chi connectivity index (χ0n) is 41.7. The fraction of sp³-hybridized carbons (Fsp3) is 0.0400. The molecule has 0 aromatic heterocycles. The lowest BCUT2D eigenvalue weighted by atomic mass is 9.67. The van der Waals surface area contributed by atoms with Crippen LogP contribution in [0.25, 0.3) is 44.5 Å². The third kappa shape index (κ3) is 5.49. The Morgan fingerprint density at radius 1 is 0.197 bits per heavy atom. The summed E-state index contributed by atoms with van der Waals surface area (Å²) in [5.74, 6) is 0. The van der Waals surface area contributed by atoms with Gasteiger partial charge in [-0.1, -0.05) is 267 Å². The molecule has 0 saturated carbocycles. The number of hydrogen-bond acceptors (Lipinski definition) is 1. The minimum Gasteiger partial charge on any atom is -0.310 e. The molecule has 0 heterocycles. The molecule has 354 valence electrons. The zero-order valence-corrected chi connectivity index (χ0v) is 41.7. The molecular formula is C75H49N. The summed E-state index contributed by atoms with van der Waals surface area (Å²) in [7, 11) is 0. The number of fused-ring (bicyclic) bond motifs is 16. The quantitative estimate of drug-likeness (QED) is 0.154. The van der Waals surface area contributed by atoms with Gasteiger partial charge in [0.05, 0.1) is 21.9 Å². The molecule has 12 aromatic carbocycles. The minimum absolute atomic E-state index is 0.454. The van der Waals surface area contributed by atoms with E-state index in [2.05, 4.69) is 302 Å². The molecule has 0 fully saturated rings. The maximum absolute atomic E-state index is 2.59. The van der Waals surface area contributed by atoms with Crippen molar-refractivity contribution in [1.82, 2.24) is 0 Å². The predicted molar refractivity (Wildman–Crippen MR) is 312 cm³/mol. The molecule has 0 bridgehead atoms. The lowest BCUT2D eigenvalue weighted by Crippen LogP contribution is -2.29. The fourth-order valence-electron chi connectivity index (χ4n) is 14.9. The molecule has 0 aliphatic heterocycles. The first-order valence-corrected chi connectivity index (χ1v) is 26.7. The largest absolute Gasteiger partial charge is 0.310 e. The molecular weight excluding hydrogens is 915 g/mol. The molecule has 76 heavy (non-hydrogen) atoms. The number of benzene rings is 12. The van der Waals surface area contributed by atoms with Gasteiger partial charge >= 0.3 is 0 Å². The summed E-state index contributed by atoms with van der Waals surface area (Å²) in [6.07, 6.45) is 0. The molecule has 0 N–H and O–H groups in total. The maximum Gasteiger partial charge on any atom is 0.0725 e. The zero-order chi connectivity index (χ0) is 50.0. The van der Waals surface area contributed by atoms with Crippen molar-refractivity contribution in [1.29, 1.82) is 0 Å². The first kappa shape index (κ1) is 42.9. The Balaban J connectivity index is 1.01. The van der Waals surface area contributed by atoms with Gasteiger partial charge in [0.1, 0.15) is 0 Å². The van der Waals surface area contributed by atoms with Gasteiger partial charge in [-0.3, -0.25) is 0 Å². The van der Waals surface area contributed by atoms with E-state index < -0.39 is 16.2 Å². The maximum atomic E-state index is 2.59. The van der Waals surface area contributed by atoms with E-state index in [-0.39, 0.29) is 0 Å². The van der Waals surface area contributed by atoms with Crippen molar-refractivity contribution in [3.8, 4) is 44.5 Å². The number of rotatable bonds is 7. The van der Waals surface area contributed by atoms with Gasteiger partial charge in [0.25, 0.3) is 0 Å². The van der Waals surface area contributed by atoms with Crippen LogP contribution in [0.3, 0.4) is 0 Å². The van der Waals surface area contributed by atoms with Crippen LogP contribution < -0.4 is 4.90 Å². The van der Waals surface area contributed by atoms with Crippen molar-refractivity contribution < 1.29 is 0 Å². The second-order valence-electron chi connectivity index (χ2n) is 20.9. The average molecular weight is 964 g/mol. The third-order valence-corrected chi connectivity index (χ3v) is 17.6. The highest BCUT2D eigenvalue weighted by Gasteiger charge is 2.53. The summed E-state index contributed by atoms with van der Waals surface area (Å²) in [6.45, 7) is 0. The van der Waals surface area contributed by atoms with E-state index in [4.69, 9.17) is 0 Å². The molecule has 1 heteroatoms. The number of hydrogen-bond donors (Lipinski definition) is 0. The Bertz CT molecular complexity index is 4160. The Morgan fingerprint density at radius 2 is 0.526 bits per heavy atom. The normalized spacial score (nSPS) is 14.6. The van der Waals surface area contributed by atoms with E-state index in [1.165, 1.54) is 111 Å². The third-order valence-electron chi connectivity index (χ3n) is 17.6. The Hall–Kier alpha value is -9.56. The molecule has 4 aliphatic carbocycles. The first-order valence-electron chi connectivity index (χ1n) is 26.7. The lowest BCUT2D eigenvalue weighted by Gasteiger charge is -2.36. The lowest BCUT2D eigenvalue weighted by molar-refractivity contribution is 0.768. The SMILES string of the molecule is c1ccc(C2(c3ccccc3)c3ccccc3-c3ccc(N(c4ccc5c(c4)-c4ccccc4C54c5ccccc5-c5ccccc54)c4cccc5c4-c4ccccc4C5(c4ccccc4)c4ccccc4)cc32)cc1. The highest BCUT2D eigenvalue weighted by atomic mass is 15.1. The molecule has 0 amide bonds. The van der Waals surface area contributed by atoms with Gasteiger partial charge in [0.2, 0.25) is 0 Å². The summed E-state index contributed by atoms with van der Waals surface area (Å²) in [4.78, 5) is 2.59. The van der Waals surface area contributed by atoms with Crippen molar-refractivity contribution in [3.05, 3.63) is 364 Å². The van der Waals surface area contributed by atoms with E-state index in [1.807, 2.05) is 0 Å². The Morgan fingerprint density at radius 3 is 1.01 bits per heavy atom. The van der Waals surface area contributed by atoms with E-state index >= 15 is 0 Å². The highest BCUT2D eigenvalue weighted by Crippen LogP contribution is 2.65. The monoisotopic (exact) mass is 963 g/mol. The van der Waals surface area contributed by atoms with Crippen molar-refractivity contribution in [2.75, 3.05) is 4.90 Å². The second kappa shape index (κ2) is 16.2. The van der Waals surface area contributed by atoms with Crippen LogP contribution in [0, 0.1) is 0 Å². The molecule has 12 aromatic rings. The van der Waals surface area contributed by atoms with Crippen LogP contribution in [0.2, 0.25) is 0 Å². The molecule has 0 atom stereocenters. The van der Waals surface area contributed by atoms with Crippen molar-refractivity contribution in [2.45, 2.75) is 16.2 Å². The van der Waals surface area contributed by atoms with E-state index in [9.17, 15) is 0 Å². The molecule has 0 unspecified atom stereocenters. The predicted octanol–water partition coefficient (Wildman–Crippen LogP) is 18.2. The van der Waals surface area contributed by atoms with E-state index in [0.29, 0.717) is 0 Å². The van der Waals surface area contributed by atoms with Crippen molar-refractivity contribution in [3.63, 3.8) is 0 Å². The summed E-state index contributed by atoms with van der Waals surface area (Å²) in [5, 5.41) is 0. The first-order chi connectivity index (χ1) is 37.7. The molecule has 1 nitrogen and oxygen atoms in total. The summed E-state index contributed by atoms with van der Waals surface area (Å²) in [5.41, 5.74) is 27.4. The number of nitrogens with zero attached hydrogens (tertiary/aromatic N) is 1. The summed E-state index contributed by atoms with van der Waals surface area (Å²) < 4.78 is 0. The Labute approximate surface area is 444 Å². The van der Waals surface area contributed by atoms with Crippen molar-refractivity contribution in [2.24, 2.45) is 0 Å². The van der Waals surface area contributed by atoms with Gasteiger partial charge < -0.3 is 4.90 Å². The van der Waals surface area contributed by atoms with Crippen molar-refractivity contribution >= 4 is 17.1 Å². The van der Waals surface area contributed by atoms with Crippen LogP contribution in [0.15, 0.2) is 297 Å². The van der Waals surface area contributed by atoms with Gasteiger partial charge in [-0.15, -0.1) is 0 Å². The number of anilines is 3. The van der Waals surface area contributed by atoms with Gasteiger partial charge in [-0.25, -0.2) is 0 Å². The van der Waals surface area contributed by atoms with Crippen LogP contribution in [-0.2, 0) is 16.2 Å². The van der Waals surface area contributed by atoms with E-state index in [1.54, 1.807) is 0 Å². The summed E-state index contributed by atoms with van der Waals surface area (Å²) in [6, 6.07) is 112. The second-order valence-corrected chi connectivity index (χ2v) is 20.9.